The third-order valence-corrected chi connectivity index (χ3v) is 9.17. The average Bonchev–Trinajstić information content (AvgIpc) is 3.37. The Balaban J connectivity index is 1.13. The van der Waals surface area contributed by atoms with Crippen molar-refractivity contribution in [1.29, 1.82) is 0 Å². The molecule has 6 rings (SSSR count). The van der Waals surface area contributed by atoms with Crippen LogP contribution in [0.15, 0.2) is 102 Å². The number of amides is 1. The molecule has 1 fully saturated rings. The molecule has 0 aliphatic carbocycles. The highest BCUT2D eigenvalue weighted by Crippen LogP contribution is 2.30. The van der Waals surface area contributed by atoms with Gasteiger partial charge in [-0.05, 0) is 58.9 Å². The number of sulfonamides is 1. The summed E-state index contributed by atoms with van der Waals surface area (Å²) in [5, 5.41) is 2.08. The molecule has 4 aromatic carbocycles. The van der Waals surface area contributed by atoms with Gasteiger partial charge in [0.15, 0.2) is 5.13 Å². The van der Waals surface area contributed by atoms with Crippen molar-refractivity contribution < 1.29 is 13.2 Å². The van der Waals surface area contributed by atoms with Gasteiger partial charge in [0.25, 0.3) is 15.9 Å². The van der Waals surface area contributed by atoms with Crippen LogP contribution in [0.2, 0.25) is 0 Å². The van der Waals surface area contributed by atoms with Gasteiger partial charge in [0.1, 0.15) is 0 Å². The molecule has 0 saturated carbocycles. The van der Waals surface area contributed by atoms with Crippen molar-refractivity contribution in [2.75, 3.05) is 30.9 Å². The topological polar surface area (TPSA) is 82.6 Å². The van der Waals surface area contributed by atoms with Crippen LogP contribution in [0.3, 0.4) is 0 Å². The lowest BCUT2D eigenvalue weighted by Crippen LogP contribution is -2.46. The van der Waals surface area contributed by atoms with Gasteiger partial charge < -0.3 is 9.80 Å². The summed E-state index contributed by atoms with van der Waals surface area (Å²) in [6.07, 6.45) is 4.17. The lowest BCUT2D eigenvalue weighted by Gasteiger charge is -2.34. The first kappa shape index (κ1) is 25.1. The Bertz CT molecular complexity index is 1790. The lowest BCUT2D eigenvalue weighted by atomic mass is 10.1. The maximum atomic E-state index is 13.2. The summed E-state index contributed by atoms with van der Waals surface area (Å²) in [7, 11) is -3.81. The molecular formula is C30H26N4O3S2. The fraction of sp³-hybridized carbons (Fsp3) is 0.133. The molecule has 1 amide bonds. The average molecular weight is 555 g/mol. The zero-order chi connectivity index (χ0) is 26.8. The zero-order valence-electron chi connectivity index (χ0n) is 21.0. The van der Waals surface area contributed by atoms with Gasteiger partial charge in [0, 0.05) is 31.7 Å². The number of piperazine rings is 1. The van der Waals surface area contributed by atoms with E-state index >= 15 is 0 Å². The molecule has 9 heteroatoms. The summed E-state index contributed by atoms with van der Waals surface area (Å²) in [5.74, 6) is -0.0321. The standard InChI is InChI=1S/C30H26N4O3S2/c35-29(34-18-16-33(17-19-34)15-14-22-6-2-1-3-7-22)25-11-13-27-28(21-25)38-30(31-27)32-39(36,37)26-12-10-23-8-4-5-9-24(23)20-26/h1-15,20-21H,16-19H2,(H,31,32)/b15-14+. The van der Waals surface area contributed by atoms with E-state index in [4.69, 9.17) is 0 Å². The van der Waals surface area contributed by atoms with E-state index in [1.54, 1.807) is 36.4 Å². The van der Waals surface area contributed by atoms with Gasteiger partial charge in [-0.25, -0.2) is 13.4 Å². The number of carbonyl (C=O) groups excluding carboxylic acids is 1. The lowest BCUT2D eigenvalue weighted by molar-refractivity contribution is 0.0680. The van der Waals surface area contributed by atoms with Crippen LogP contribution >= 0.6 is 11.3 Å². The van der Waals surface area contributed by atoms with Crippen molar-refractivity contribution in [2.24, 2.45) is 0 Å². The highest BCUT2D eigenvalue weighted by atomic mass is 32.2. The van der Waals surface area contributed by atoms with E-state index in [9.17, 15) is 13.2 Å². The fourth-order valence-corrected chi connectivity index (χ4v) is 6.80. The number of benzene rings is 4. The van der Waals surface area contributed by atoms with E-state index in [2.05, 4.69) is 39.0 Å². The zero-order valence-corrected chi connectivity index (χ0v) is 22.7. The third kappa shape index (κ3) is 5.50. The van der Waals surface area contributed by atoms with E-state index in [1.165, 1.54) is 11.3 Å². The smallest absolute Gasteiger partial charge is 0.263 e. The normalized spacial score (nSPS) is 14.4. The van der Waals surface area contributed by atoms with Crippen LogP contribution in [0.1, 0.15) is 15.9 Å². The number of nitrogens with one attached hydrogen (secondary N) is 1. The maximum absolute atomic E-state index is 13.2. The molecule has 39 heavy (non-hydrogen) atoms. The third-order valence-electron chi connectivity index (χ3n) is 6.77. The summed E-state index contributed by atoms with van der Waals surface area (Å²) in [5.41, 5.74) is 2.36. The summed E-state index contributed by atoms with van der Waals surface area (Å²) >= 11 is 1.22. The number of fused-ring (bicyclic) bond motifs is 2. The SMILES string of the molecule is O=C(c1ccc2nc(NS(=O)(=O)c3ccc4ccccc4c3)sc2c1)N1CCN(/C=C/c2ccccc2)CC1. The number of anilines is 1. The van der Waals surface area contributed by atoms with Gasteiger partial charge in [0.05, 0.1) is 15.1 Å². The van der Waals surface area contributed by atoms with Crippen molar-refractivity contribution >= 4 is 59.5 Å². The predicted octanol–water partition coefficient (Wildman–Crippen LogP) is 5.68. The van der Waals surface area contributed by atoms with Crippen molar-refractivity contribution in [3.63, 3.8) is 0 Å². The second-order valence-corrected chi connectivity index (χ2v) is 12.1. The Kier molecular flexibility index (Phi) is 6.76. The molecule has 1 aromatic heterocycles. The van der Waals surface area contributed by atoms with E-state index in [0.29, 0.717) is 24.2 Å². The Hall–Kier alpha value is -4.21. The van der Waals surface area contributed by atoms with Crippen molar-refractivity contribution in [1.82, 2.24) is 14.8 Å². The molecule has 0 spiro atoms. The van der Waals surface area contributed by atoms with Crippen LogP contribution in [-0.2, 0) is 10.0 Å². The fourth-order valence-electron chi connectivity index (χ4n) is 4.62. The van der Waals surface area contributed by atoms with E-state index < -0.39 is 10.0 Å². The molecular weight excluding hydrogens is 528 g/mol. The second kappa shape index (κ2) is 10.5. The van der Waals surface area contributed by atoms with Gasteiger partial charge in [-0.2, -0.15) is 0 Å². The number of carbonyl (C=O) groups is 1. The number of hydrogen-bond donors (Lipinski definition) is 1. The number of hydrogen-bond acceptors (Lipinski definition) is 6. The number of thiazole rings is 1. The Morgan fingerprint density at radius 3 is 2.38 bits per heavy atom. The number of rotatable bonds is 6. The molecule has 1 aliphatic heterocycles. The minimum absolute atomic E-state index is 0.0321. The second-order valence-electron chi connectivity index (χ2n) is 9.37. The molecule has 1 saturated heterocycles. The first-order chi connectivity index (χ1) is 18.9. The molecule has 0 unspecified atom stereocenters. The van der Waals surface area contributed by atoms with Gasteiger partial charge in [-0.1, -0.05) is 72.0 Å². The van der Waals surface area contributed by atoms with Crippen LogP contribution in [0.4, 0.5) is 5.13 Å². The Morgan fingerprint density at radius 1 is 0.846 bits per heavy atom. The molecule has 1 N–H and O–H groups in total. The molecule has 5 aromatic rings. The summed E-state index contributed by atoms with van der Waals surface area (Å²) in [4.78, 5) is 21.9. The van der Waals surface area contributed by atoms with E-state index in [0.717, 1.165) is 34.1 Å². The Labute approximate surface area is 231 Å². The molecule has 1 aliphatic rings. The predicted molar refractivity (Wildman–Crippen MR) is 157 cm³/mol. The molecule has 0 radical (unpaired) electrons. The monoisotopic (exact) mass is 554 g/mol. The molecule has 196 valence electrons. The molecule has 2 heterocycles. The first-order valence-electron chi connectivity index (χ1n) is 12.6. The van der Waals surface area contributed by atoms with Crippen LogP contribution in [-0.4, -0.2) is 55.3 Å². The van der Waals surface area contributed by atoms with Crippen LogP contribution in [0.5, 0.6) is 0 Å². The van der Waals surface area contributed by atoms with Gasteiger partial charge in [-0.3, -0.25) is 9.52 Å². The minimum atomic E-state index is -3.81. The summed E-state index contributed by atoms with van der Waals surface area (Å²) < 4.78 is 29.4. The first-order valence-corrected chi connectivity index (χ1v) is 14.9. The van der Waals surface area contributed by atoms with Crippen LogP contribution < -0.4 is 4.72 Å². The quantitative estimate of drug-likeness (QED) is 0.292. The summed E-state index contributed by atoms with van der Waals surface area (Å²) in [6.45, 7) is 2.79. The van der Waals surface area contributed by atoms with E-state index in [1.807, 2.05) is 47.4 Å². The maximum Gasteiger partial charge on any atom is 0.263 e. The Morgan fingerprint density at radius 2 is 1.59 bits per heavy atom. The minimum Gasteiger partial charge on any atom is -0.374 e. The van der Waals surface area contributed by atoms with Gasteiger partial charge in [-0.15, -0.1) is 0 Å². The van der Waals surface area contributed by atoms with Gasteiger partial charge >= 0.3 is 0 Å². The largest absolute Gasteiger partial charge is 0.374 e. The van der Waals surface area contributed by atoms with E-state index in [-0.39, 0.29) is 15.9 Å². The molecule has 7 nitrogen and oxygen atoms in total. The van der Waals surface area contributed by atoms with Gasteiger partial charge in [0.2, 0.25) is 0 Å². The number of nitrogens with zero attached hydrogens (tertiary/aromatic N) is 3. The summed E-state index contributed by atoms with van der Waals surface area (Å²) in [6, 6.07) is 28.1. The van der Waals surface area contributed by atoms with Crippen LogP contribution in [0.25, 0.3) is 27.1 Å². The molecule has 0 atom stereocenters. The van der Waals surface area contributed by atoms with Crippen molar-refractivity contribution in [3.05, 3.63) is 108 Å². The van der Waals surface area contributed by atoms with Crippen molar-refractivity contribution in [3.8, 4) is 0 Å². The molecule has 0 bridgehead atoms. The highest BCUT2D eigenvalue weighted by molar-refractivity contribution is 7.93. The van der Waals surface area contributed by atoms with Crippen LogP contribution in [0, 0.1) is 0 Å². The number of aromatic nitrogens is 1. The van der Waals surface area contributed by atoms with Crippen molar-refractivity contribution in [2.45, 2.75) is 4.90 Å². The highest BCUT2D eigenvalue weighted by Gasteiger charge is 2.22.